The van der Waals surface area contributed by atoms with E-state index >= 15 is 0 Å². The molecule has 0 nitrogen and oxygen atoms in total. The zero-order valence-electron chi connectivity index (χ0n) is 44.9. The van der Waals surface area contributed by atoms with E-state index in [1.807, 2.05) is 45.3 Å². The molecule has 0 radical (unpaired) electrons. The lowest BCUT2D eigenvalue weighted by Crippen LogP contribution is -2.26. The minimum Gasteiger partial charge on any atom is -0.142 e. The number of thiophene rings is 4. The molecule has 4 aliphatic rings. The second-order valence-electron chi connectivity index (χ2n) is 25.1. The maximum absolute atomic E-state index is 2.77. The van der Waals surface area contributed by atoms with Crippen molar-refractivity contribution in [1.82, 2.24) is 0 Å². The lowest BCUT2D eigenvalue weighted by Gasteiger charge is -2.32. The van der Waals surface area contributed by atoms with Crippen LogP contribution >= 0.6 is 45.3 Å². The van der Waals surface area contributed by atoms with Crippen LogP contribution in [0.4, 0.5) is 0 Å². The van der Waals surface area contributed by atoms with Crippen LogP contribution in [-0.2, 0) is 43.3 Å². The van der Waals surface area contributed by atoms with E-state index in [9.17, 15) is 0 Å². The molecule has 362 valence electrons. The highest BCUT2D eigenvalue weighted by Gasteiger charge is 2.55. The highest BCUT2D eigenvalue weighted by molar-refractivity contribution is 7.28. The molecule has 0 saturated carbocycles. The average Bonchev–Trinajstić information content (AvgIpc) is 4.19. The number of hydrogen-bond donors (Lipinski definition) is 0. The first kappa shape index (κ1) is 48.8. The molecule has 2 aromatic carbocycles. The highest BCUT2D eigenvalue weighted by atomic mass is 32.1. The van der Waals surface area contributed by atoms with Crippen LogP contribution in [0.25, 0.3) is 51.5 Å². The topological polar surface area (TPSA) is 0 Å². The summed E-state index contributed by atoms with van der Waals surface area (Å²) < 4.78 is 0. The van der Waals surface area contributed by atoms with Crippen LogP contribution in [0.5, 0.6) is 0 Å². The number of rotatable bonds is 13. The summed E-state index contributed by atoms with van der Waals surface area (Å²) in [6.45, 7) is 40.1. The van der Waals surface area contributed by atoms with Crippen LogP contribution in [0.2, 0.25) is 0 Å². The van der Waals surface area contributed by atoms with Crippen molar-refractivity contribution in [3.8, 4) is 51.5 Å². The number of hydrogen-bond acceptors (Lipinski definition) is 4. The summed E-state index contributed by atoms with van der Waals surface area (Å²) in [5.74, 6) is 0. The van der Waals surface area contributed by atoms with Crippen molar-refractivity contribution in [1.29, 1.82) is 0 Å². The van der Waals surface area contributed by atoms with Crippen molar-refractivity contribution >= 4 is 45.3 Å². The predicted octanol–water partition coefficient (Wildman–Crippen LogP) is 21.2. The standard InChI is InChI=1S/C64H82S4/c1-17-61(18-2)35-57(9,10)53-41(61)31-42-54(58(11,12)36-62(42,19-3)20-4)51(53)39-29-49(65-33-39)47-27-25-45(67-47)46-26-28-48(68-46)50-30-40(34-66-50)52-55-43(63(21-5,22-6)37-59(55,13)14)32-44-56(52)60(15,16)38-64(44,23-7)24-8/h25-34H,17-24,35-38H2,1-16H3. The van der Waals surface area contributed by atoms with E-state index in [0.717, 1.165) is 0 Å². The highest BCUT2D eigenvalue weighted by Crippen LogP contribution is 2.66. The monoisotopic (exact) mass is 979 g/mol. The van der Waals surface area contributed by atoms with Gasteiger partial charge in [0.2, 0.25) is 0 Å². The molecule has 68 heavy (non-hydrogen) atoms. The summed E-state index contributed by atoms with van der Waals surface area (Å²) >= 11 is 7.88. The molecule has 6 aromatic rings. The second kappa shape index (κ2) is 16.4. The largest absolute Gasteiger partial charge is 0.142 e. The van der Waals surface area contributed by atoms with Gasteiger partial charge in [-0.3, -0.25) is 0 Å². The predicted molar refractivity (Wildman–Crippen MR) is 305 cm³/mol. The van der Waals surface area contributed by atoms with Crippen molar-refractivity contribution < 1.29 is 0 Å². The van der Waals surface area contributed by atoms with Crippen molar-refractivity contribution in [3.63, 3.8) is 0 Å². The van der Waals surface area contributed by atoms with Crippen molar-refractivity contribution in [2.24, 2.45) is 0 Å². The number of fused-ring (bicyclic) bond motifs is 4. The third-order valence-corrected chi connectivity index (χ3v) is 24.5. The molecule has 0 N–H and O–H groups in total. The van der Waals surface area contributed by atoms with Gasteiger partial charge in [-0.2, -0.15) is 0 Å². The molecule has 4 aliphatic carbocycles. The molecule has 0 bridgehead atoms. The van der Waals surface area contributed by atoms with E-state index in [1.165, 1.54) is 117 Å². The molecule has 0 aliphatic heterocycles. The van der Waals surface area contributed by atoms with Crippen LogP contribution < -0.4 is 0 Å². The Kier molecular flexibility index (Phi) is 11.8. The van der Waals surface area contributed by atoms with Crippen LogP contribution in [-0.4, -0.2) is 0 Å². The maximum atomic E-state index is 2.77. The van der Waals surface area contributed by atoms with Crippen LogP contribution in [0.15, 0.2) is 59.3 Å². The van der Waals surface area contributed by atoms with Gasteiger partial charge in [-0.15, -0.1) is 45.3 Å². The fourth-order valence-electron chi connectivity index (χ4n) is 16.5. The molecule has 0 unspecified atom stereocenters. The first-order chi connectivity index (χ1) is 32.1. The molecule has 4 heterocycles. The van der Waals surface area contributed by atoms with Gasteiger partial charge in [0, 0.05) is 29.3 Å². The third-order valence-electron chi connectivity index (χ3n) is 19.9. The minimum absolute atomic E-state index is 0.129. The zero-order chi connectivity index (χ0) is 48.8. The molecule has 4 heteroatoms. The van der Waals surface area contributed by atoms with Gasteiger partial charge in [0.15, 0.2) is 0 Å². The Balaban J connectivity index is 1.02. The van der Waals surface area contributed by atoms with E-state index in [2.05, 4.69) is 170 Å². The van der Waals surface area contributed by atoms with E-state index in [0.29, 0.717) is 0 Å². The van der Waals surface area contributed by atoms with Crippen molar-refractivity contribution in [2.45, 2.75) is 231 Å². The van der Waals surface area contributed by atoms with Gasteiger partial charge in [0.25, 0.3) is 0 Å². The van der Waals surface area contributed by atoms with Gasteiger partial charge in [-0.25, -0.2) is 0 Å². The van der Waals surface area contributed by atoms with E-state index in [1.54, 1.807) is 55.6 Å². The van der Waals surface area contributed by atoms with Crippen LogP contribution in [0.1, 0.15) is 232 Å². The molecule has 4 aromatic heterocycles. The summed E-state index contributed by atoms with van der Waals surface area (Å²) in [5.41, 5.74) is 21.0. The molecule has 0 saturated heterocycles. The molecular weight excluding hydrogens is 897 g/mol. The molecule has 0 fully saturated rings. The summed E-state index contributed by atoms with van der Waals surface area (Å²) in [6, 6.07) is 20.3. The average molecular weight is 980 g/mol. The Morgan fingerprint density at radius 1 is 0.338 bits per heavy atom. The minimum atomic E-state index is 0.129. The van der Waals surface area contributed by atoms with E-state index in [4.69, 9.17) is 0 Å². The van der Waals surface area contributed by atoms with Crippen LogP contribution in [0.3, 0.4) is 0 Å². The molecular formula is C64H82S4. The number of benzene rings is 2. The Morgan fingerprint density at radius 2 is 0.574 bits per heavy atom. The van der Waals surface area contributed by atoms with Gasteiger partial charge < -0.3 is 0 Å². The third kappa shape index (κ3) is 6.84. The van der Waals surface area contributed by atoms with Crippen molar-refractivity contribution in [3.05, 3.63) is 104 Å². The second-order valence-corrected chi connectivity index (χ2v) is 29.1. The first-order valence-corrected chi connectivity index (χ1v) is 30.4. The zero-order valence-corrected chi connectivity index (χ0v) is 48.2. The molecule has 0 atom stereocenters. The Labute approximate surface area is 428 Å². The molecule has 0 spiro atoms. The normalized spacial score (nSPS) is 21.2. The summed E-state index contributed by atoms with van der Waals surface area (Å²) in [5, 5.41) is 5.05. The fourth-order valence-corrected chi connectivity index (χ4v) is 20.6. The maximum Gasteiger partial charge on any atom is 0.0449 e. The first-order valence-electron chi connectivity index (χ1n) is 27.0. The van der Waals surface area contributed by atoms with E-state index < -0.39 is 0 Å². The van der Waals surface area contributed by atoms with E-state index in [-0.39, 0.29) is 43.3 Å². The SMILES string of the molecule is CCC1(CC)CC(C)(C)c2c1cc1c(c2-c2csc(-c3ccc(-c4ccc(-c5cc(-c6c7c(cc8c6C(C)(C)CC8(CC)CC)C(CC)(CC)CC7(C)C)cs5)s4)s3)c2)C(C)(C)CC1(CC)CC. The Hall–Kier alpha value is -2.76. The van der Waals surface area contributed by atoms with Gasteiger partial charge >= 0.3 is 0 Å². The molecule has 0 amide bonds. The van der Waals surface area contributed by atoms with Gasteiger partial charge in [0.05, 0.1) is 0 Å². The smallest absolute Gasteiger partial charge is 0.0449 e. The van der Waals surface area contributed by atoms with Gasteiger partial charge in [0.1, 0.15) is 0 Å². The molecule has 10 rings (SSSR count). The Bertz CT molecular complexity index is 2590. The van der Waals surface area contributed by atoms with Gasteiger partial charge in [-0.1, -0.05) is 123 Å². The summed E-state index contributed by atoms with van der Waals surface area (Å²) in [7, 11) is 0. The van der Waals surface area contributed by atoms with Crippen LogP contribution in [0, 0.1) is 0 Å². The lowest BCUT2D eigenvalue weighted by atomic mass is 9.72. The quantitative estimate of drug-likeness (QED) is 0.108. The summed E-state index contributed by atoms with van der Waals surface area (Å²) in [6.07, 6.45) is 14.7. The van der Waals surface area contributed by atoms with Crippen molar-refractivity contribution in [2.75, 3.05) is 0 Å². The lowest BCUT2D eigenvalue weighted by molar-refractivity contribution is 0.322. The summed E-state index contributed by atoms with van der Waals surface area (Å²) in [4.78, 5) is 8.35. The fraction of sp³-hybridized carbons (Fsp3) is 0.562. The Morgan fingerprint density at radius 3 is 0.809 bits per heavy atom. The van der Waals surface area contributed by atoms with Gasteiger partial charge in [-0.05, 0) is 234 Å².